The lowest BCUT2D eigenvalue weighted by atomic mass is 9.76. The van der Waals surface area contributed by atoms with Crippen LogP contribution in [0, 0.1) is 18.3 Å². The lowest BCUT2D eigenvalue weighted by Gasteiger charge is -2.31. The fourth-order valence-corrected chi connectivity index (χ4v) is 5.39. The summed E-state index contributed by atoms with van der Waals surface area (Å²) in [6.07, 6.45) is 3.26. The fraction of sp³-hybridized carbons (Fsp3) is 0.542. The minimum atomic E-state index is -0.172. The van der Waals surface area contributed by atoms with E-state index in [4.69, 9.17) is 4.42 Å². The lowest BCUT2D eigenvalue weighted by Crippen LogP contribution is -2.43. The maximum absolute atomic E-state index is 13.1. The molecule has 0 atom stereocenters. The molecular formula is C24H30N2O4S. The van der Waals surface area contributed by atoms with Crippen molar-refractivity contribution in [1.29, 1.82) is 0 Å². The number of nitrogens with zero attached hydrogens (tertiary/aromatic N) is 1. The number of amides is 2. The van der Waals surface area contributed by atoms with Gasteiger partial charge in [-0.1, -0.05) is 19.9 Å². The highest BCUT2D eigenvalue weighted by Gasteiger charge is 2.38. The maximum Gasteiger partial charge on any atom is 0.289 e. The van der Waals surface area contributed by atoms with Crippen molar-refractivity contribution >= 4 is 28.9 Å². The molecule has 0 unspecified atom stereocenters. The average Bonchev–Trinajstić information content (AvgIpc) is 3.34. The molecule has 4 rings (SSSR count). The Morgan fingerprint density at radius 1 is 1.26 bits per heavy atom. The second-order valence-electron chi connectivity index (χ2n) is 9.48. The van der Waals surface area contributed by atoms with Crippen LogP contribution in [0.15, 0.2) is 21.9 Å². The van der Waals surface area contributed by atoms with Crippen molar-refractivity contribution in [3.8, 4) is 0 Å². The van der Waals surface area contributed by atoms with Crippen LogP contribution < -0.4 is 5.32 Å². The zero-order valence-electron chi connectivity index (χ0n) is 18.5. The SMILES string of the molecule is Cc1c(C(=O)N2CCC(C(=O)NCCc3cccs3)CC2)oc2c1C(=O)CC(C)(C)C2. The summed E-state index contributed by atoms with van der Waals surface area (Å²) in [4.78, 5) is 41.2. The van der Waals surface area contributed by atoms with E-state index in [1.807, 2.05) is 25.3 Å². The van der Waals surface area contributed by atoms with Gasteiger partial charge in [0.1, 0.15) is 5.76 Å². The molecular weight excluding hydrogens is 412 g/mol. The van der Waals surface area contributed by atoms with Crippen molar-refractivity contribution in [2.45, 2.75) is 52.9 Å². The van der Waals surface area contributed by atoms with Gasteiger partial charge >= 0.3 is 0 Å². The summed E-state index contributed by atoms with van der Waals surface area (Å²) in [6.45, 7) is 7.57. The van der Waals surface area contributed by atoms with Crippen molar-refractivity contribution in [2.75, 3.05) is 19.6 Å². The molecule has 2 aliphatic rings. The van der Waals surface area contributed by atoms with E-state index in [1.54, 1.807) is 23.2 Å². The van der Waals surface area contributed by atoms with Crippen LogP contribution in [-0.4, -0.2) is 42.1 Å². The van der Waals surface area contributed by atoms with Crippen molar-refractivity contribution in [3.63, 3.8) is 0 Å². The summed E-state index contributed by atoms with van der Waals surface area (Å²) in [7, 11) is 0. The van der Waals surface area contributed by atoms with Crippen LogP contribution >= 0.6 is 11.3 Å². The van der Waals surface area contributed by atoms with Gasteiger partial charge < -0.3 is 14.6 Å². The second-order valence-corrected chi connectivity index (χ2v) is 10.5. The van der Waals surface area contributed by atoms with E-state index >= 15 is 0 Å². The molecule has 1 aliphatic heterocycles. The number of fused-ring (bicyclic) bond motifs is 1. The number of thiophene rings is 1. The molecule has 3 heterocycles. The minimum absolute atomic E-state index is 0.0597. The van der Waals surface area contributed by atoms with Crippen LogP contribution in [0.2, 0.25) is 0 Å². The minimum Gasteiger partial charge on any atom is -0.455 e. The molecule has 1 fully saturated rings. The van der Waals surface area contributed by atoms with Crippen LogP contribution in [0.4, 0.5) is 0 Å². The van der Waals surface area contributed by atoms with E-state index in [0.29, 0.717) is 62.2 Å². The number of hydrogen-bond donors (Lipinski definition) is 1. The van der Waals surface area contributed by atoms with E-state index in [-0.39, 0.29) is 34.7 Å². The van der Waals surface area contributed by atoms with E-state index < -0.39 is 0 Å². The van der Waals surface area contributed by atoms with E-state index in [9.17, 15) is 14.4 Å². The van der Waals surface area contributed by atoms with Gasteiger partial charge in [-0.15, -0.1) is 11.3 Å². The Labute approximate surface area is 187 Å². The number of nitrogens with one attached hydrogen (secondary N) is 1. The van der Waals surface area contributed by atoms with Gasteiger partial charge in [-0.05, 0) is 43.0 Å². The highest BCUT2D eigenvalue weighted by atomic mass is 32.1. The Morgan fingerprint density at radius 3 is 2.68 bits per heavy atom. The smallest absolute Gasteiger partial charge is 0.289 e. The van der Waals surface area contributed by atoms with Crippen LogP contribution in [0.5, 0.6) is 0 Å². The Morgan fingerprint density at radius 2 is 2.00 bits per heavy atom. The first-order valence-corrected chi connectivity index (χ1v) is 11.9. The highest BCUT2D eigenvalue weighted by Crippen LogP contribution is 2.38. The summed E-state index contributed by atoms with van der Waals surface area (Å²) in [6, 6.07) is 4.09. The van der Waals surface area contributed by atoms with Gasteiger partial charge in [0.05, 0.1) is 5.56 Å². The molecule has 0 spiro atoms. The molecule has 7 heteroatoms. The van der Waals surface area contributed by atoms with Gasteiger partial charge in [0.15, 0.2) is 11.5 Å². The van der Waals surface area contributed by atoms with Gasteiger partial charge in [0.25, 0.3) is 5.91 Å². The van der Waals surface area contributed by atoms with Gasteiger partial charge in [0.2, 0.25) is 5.91 Å². The van der Waals surface area contributed by atoms with Crippen molar-refractivity contribution in [3.05, 3.63) is 45.0 Å². The van der Waals surface area contributed by atoms with Crippen molar-refractivity contribution < 1.29 is 18.8 Å². The van der Waals surface area contributed by atoms with E-state index in [2.05, 4.69) is 11.4 Å². The summed E-state index contributed by atoms with van der Waals surface area (Å²) in [5.74, 6) is 0.817. The Hall–Kier alpha value is -2.41. The van der Waals surface area contributed by atoms with E-state index in [1.165, 1.54) is 4.88 Å². The number of likely N-dealkylation sites (tertiary alicyclic amines) is 1. The van der Waals surface area contributed by atoms with Gasteiger partial charge in [-0.25, -0.2) is 0 Å². The molecule has 0 bridgehead atoms. The molecule has 166 valence electrons. The molecule has 2 aromatic heterocycles. The molecule has 31 heavy (non-hydrogen) atoms. The number of ketones is 1. The topological polar surface area (TPSA) is 79.6 Å². The van der Waals surface area contributed by atoms with Crippen LogP contribution in [-0.2, 0) is 17.6 Å². The first-order chi connectivity index (χ1) is 14.7. The Balaban J connectivity index is 1.33. The third kappa shape index (κ3) is 4.61. The fourth-order valence-electron chi connectivity index (χ4n) is 4.68. The third-order valence-electron chi connectivity index (χ3n) is 6.37. The Kier molecular flexibility index (Phi) is 6.06. The number of rotatable bonds is 5. The van der Waals surface area contributed by atoms with Gasteiger partial charge in [0, 0.05) is 48.8 Å². The lowest BCUT2D eigenvalue weighted by molar-refractivity contribution is -0.126. The maximum atomic E-state index is 13.1. The molecule has 1 saturated heterocycles. The molecule has 6 nitrogen and oxygen atoms in total. The number of piperidine rings is 1. The zero-order chi connectivity index (χ0) is 22.2. The number of carbonyl (C=O) groups excluding carboxylic acids is 3. The number of carbonyl (C=O) groups is 3. The summed E-state index contributed by atoms with van der Waals surface area (Å²) >= 11 is 1.70. The molecule has 0 aromatic carbocycles. The normalized spacial score (nSPS) is 18.7. The van der Waals surface area contributed by atoms with Crippen LogP contribution in [0.3, 0.4) is 0 Å². The highest BCUT2D eigenvalue weighted by molar-refractivity contribution is 7.09. The van der Waals surface area contributed by atoms with E-state index in [0.717, 1.165) is 6.42 Å². The third-order valence-corrected chi connectivity index (χ3v) is 7.31. The van der Waals surface area contributed by atoms with Crippen molar-refractivity contribution in [1.82, 2.24) is 10.2 Å². The Bertz CT molecular complexity index is 982. The first-order valence-electron chi connectivity index (χ1n) is 11.0. The summed E-state index contributed by atoms with van der Waals surface area (Å²) < 4.78 is 5.93. The number of Topliss-reactive ketones (excluding diaryl/α,β-unsaturated/α-hetero) is 1. The van der Waals surface area contributed by atoms with Crippen LogP contribution in [0.1, 0.15) is 70.2 Å². The number of hydrogen-bond acceptors (Lipinski definition) is 5. The average molecular weight is 443 g/mol. The predicted molar refractivity (Wildman–Crippen MR) is 120 cm³/mol. The van der Waals surface area contributed by atoms with Gasteiger partial charge in [-0.2, -0.15) is 0 Å². The zero-order valence-corrected chi connectivity index (χ0v) is 19.3. The van der Waals surface area contributed by atoms with Gasteiger partial charge in [-0.3, -0.25) is 14.4 Å². The van der Waals surface area contributed by atoms with Crippen molar-refractivity contribution in [2.24, 2.45) is 11.3 Å². The van der Waals surface area contributed by atoms with Crippen LogP contribution in [0.25, 0.3) is 0 Å². The predicted octanol–water partition coefficient (Wildman–Crippen LogP) is 4.02. The summed E-state index contributed by atoms with van der Waals surface area (Å²) in [5, 5.41) is 5.07. The molecule has 1 N–H and O–H groups in total. The second kappa shape index (κ2) is 8.61. The molecule has 2 aromatic rings. The number of furan rings is 1. The monoisotopic (exact) mass is 442 g/mol. The molecule has 0 saturated carbocycles. The summed E-state index contributed by atoms with van der Waals surface area (Å²) in [5.41, 5.74) is 1.11. The molecule has 0 radical (unpaired) electrons. The molecule has 2 amide bonds. The molecule has 1 aliphatic carbocycles. The standard InChI is InChI=1S/C24H30N2O4S/c1-15-20-18(27)13-24(2,3)14-19(20)30-21(15)23(29)26-10-7-16(8-11-26)22(28)25-9-6-17-5-4-12-31-17/h4-5,12,16H,6-11,13-14H2,1-3H3,(H,25,28). The quantitative estimate of drug-likeness (QED) is 0.759. The largest absolute Gasteiger partial charge is 0.455 e. The first kappa shape index (κ1) is 21.8.